The average Bonchev–Trinajstić information content (AvgIpc) is 2.30. The van der Waals surface area contributed by atoms with E-state index in [1.165, 1.54) is 0 Å². The van der Waals surface area contributed by atoms with Crippen molar-refractivity contribution < 1.29 is 19.0 Å². The van der Waals surface area contributed by atoms with Gasteiger partial charge in [-0.15, -0.1) is 0 Å². The summed E-state index contributed by atoms with van der Waals surface area (Å²) >= 11 is 0. The molecule has 0 spiro atoms. The summed E-state index contributed by atoms with van der Waals surface area (Å²) in [4.78, 5) is 11.0. The maximum atomic E-state index is 11.0. The molecule has 1 aliphatic rings. The summed E-state index contributed by atoms with van der Waals surface area (Å²) in [6, 6.07) is 0. The summed E-state index contributed by atoms with van der Waals surface area (Å²) < 4.78 is 15.1. The van der Waals surface area contributed by atoms with Gasteiger partial charge in [-0.3, -0.25) is 0 Å². The van der Waals surface area contributed by atoms with E-state index in [-0.39, 0.29) is 18.3 Å². The highest BCUT2D eigenvalue weighted by molar-refractivity contribution is 5.60. The standard InChI is InChI=1S/C9H16O4/c1-4-11-9(10)13-8-5-6(2)12-7(8)3/h6-8H,4-5H2,1-3H3/t6-,7+,8+/m0/s1. The van der Waals surface area contributed by atoms with Crippen LogP contribution in [0.3, 0.4) is 0 Å². The van der Waals surface area contributed by atoms with E-state index in [1.807, 2.05) is 13.8 Å². The Labute approximate surface area is 78.2 Å². The summed E-state index contributed by atoms with van der Waals surface area (Å²) in [5.41, 5.74) is 0. The first-order chi connectivity index (χ1) is 6.13. The Kier molecular flexibility index (Phi) is 3.54. The van der Waals surface area contributed by atoms with Gasteiger partial charge in [-0.25, -0.2) is 4.79 Å². The molecule has 1 rings (SSSR count). The lowest BCUT2D eigenvalue weighted by molar-refractivity contribution is -0.0102. The highest BCUT2D eigenvalue weighted by atomic mass is 16.7. The number of ether oxygens (including phenoxy) is 3. The molecule has 3 atom stereocenters. The summed E-state index contributed by atoms with van der Waals surface area (Å²) in [7, 11) is 0. The van der Waals surface area contributed by atoms with Crippen molar-refractivity contribution in [2.45, 2.75) is 45.5 Å². The summed E-state index contributed by atoms with van der Waals surface area (Å²) in [5, 5.41) is 0. The van der Waals surface area contributed by atoms with Crippen molar-refractivity contribution in [3.05, 3.63) is 0 Å². The molecule has 0 saturated carbocycles. The largest absolute Gasteiger partial charge is 0.508 e. The molecular weight excluding hydrogens is 172 g/mol. The van der Waals surface area contributed by atoms with Crippen molar-refractivity contribution >= 4 is 6.16 Å². The van der Waals surface area contributed by atoms with Gasteiger partial charge in [0.2, 0.25) is 0 Å². The first kappa shape index (κ1) is 10.3. The Balaban J connectivity index is 2.32. The van der Waals surface area contributed by atoms with Crippen LogP contribution in [0.1, 0.15) is 27.2 Å². The molecule has 0 radical (unpaired) electrons. The molecule has 1 fully saturated rings. The number of hydrogen-bond donors (Lipinski definition) is 0. The van der Waals surface area contributed by atoms with Crippen LogP contribution >= 0.6 is 0 Å². The third-order valence-corrected chi connectivity index (χ3v) is 2.04. The first-order valence-corrected chi connectivity index (χ1v) is 4.62. The Morgan fingerprint density at radius 2 is 2.23 bits per heavy atom. The predicted molar refractivity (Wildman–Crippen MR) is 46.5 cm³/mol. The number of rotatable bonds is 2. The Morgan fingerprint density at radius 1 is 1.54 bits per heavy atom. The van der Waals surface area contributed by atoms with Crippen molar-refractivity contribution in [3.63, 3.8) is 0 Å². The highest BCUT2D eigenvalue weighted by Crippen LogP contribution is 2.22. The molecule has 4 heteroatoms. The number of carbonyl (C=O) groups excluding carboxylic acids is 1. The molecule has 13 heavy (non-hydrogen) atoms. The monoisotopic (exact) mass is 188 g/mol. The van der Waals surface area contributed by atoms with Gasteiger partial charge in [0.25, 0.3) is 0 Å². The van der Waals surface area contributed by atoms with E-state index in [2.05, 4.69) is 4.74 Å². The molecule has 0 aromatic heterocycles. The van der Waals surface area contributed by atoms with Crippen LogP contribution in [0.15, 0.2) is 0 Å². The van der Waals surface area contributed by atoms with Gasteiger partial charge in [0, 0.05) is 6.42 Å². The van der Waals surface area contributed by atoms with Crippen LogP contribution < -0.4 is 0 Å². The van der Waals surface area contributed by atoms with E-state index < -0.39 is 6.16 Å². The van der Waals surface area contributed by atoms with Crippen LogP contribution in [0, 0.1) is 0 Å². The summed E-state index contributed by atoms with van der Waals surface area (Å²) in [5.74, 6) is 0. The molecular formula is C9H16O4. The number of hydrogen-bond acceptors (Lipinski definition) is 4. The second-order valence-corrected chi connectivity index (χ2v) is 3.23. The predicted octanol–water partition coefficient (Wildman–Crippen LogP) is 1.73. The van der Waals surface area contributed by atoms with E-state index in [0.29, 0.717) is 6.61 Å². The fourth-order valence-corrected chi connectivity index (χ4v) is 1.45. The van der Waals surface area contributed by atoms with Crippen LogP contribution in [-0.2, 0) is 14.2 Å². The molecule has 0 aliphatic carbocycles. The van der Waals surface area contributed by atoms with Crippen LogP contribution in [-0.4, -0.2) is 31.1 Å². The zero-order valence-corrected chi connectivity index (χ0v) is 8.28. The quantitative estimate of drug-likeness (QED) is 0.619. The van der Waals surface area contributed by atoms with Crippen molar-refractivity contribution in [1.82, 2.24) is 0 Å². The average molecular weight is 188 g/mol. The topological polar surface area (TPSA) is 44.8 Å². The smallest absolute Gasteiger partial charge is 0.435 e. The van der Waals surface area contributed by atoms with Crippen LogP contribution in [0.4, 0.5) is 4.79 Å². The third kappa shape index (κ3) is 2.88. The van der Waals surface area contributed by atoms with Gasteiger partial charge in [-0.05, 0) is 20.8 Å². The fourth-order valence-electron chi connectivity index (χ4n) is 1.45. The van der Waals surface area contributed by atoms with Crippen LogP contribution in [0.5, 0.6) is 0 Å². The van der Waals surface area contributed by atoms with Gasteiger partial charge in [-0.2, -0.15) is 0 Å². The molecule has 1 heterocycles. The van der Waals surface area contributed by atoms with Crippen LogP contribution in [0.25, 0.3) is 0 Å². The van der Waals surface area contributed by atoms with Crippen LogP contribution in [0.2, 0.25) is 0 Å². The maximum absolute atomic E-state index is 11.0. The van der Waals surface area contributed by atoms with Gasteiger partial charge >= 0.3 is 6.16 Å². The molecule has 76 valence electrons. The second kappa shape index (κ2) is 4.46. The maximum Gasteiger partial charge on any atom is 0.508 e. The molecule has 0 bridgehead atoms. The summed E-state index contributed by atoms with van der Waals surface area (Å²) in [6.45, 7) is 5.95. The highest BCUT2D eigenvalue weighted by Gasteiger charge is 2.32. The van der Waals surface area contributed by atoms with Gasteiger partial charge in [0.1, 0.15) is 6.10 Å². The van der Waals surface area contributed by atoms with Crippen molar-refractivity contribution in [2.75, 3.05) is 6.61 Å². The lowest BCUT2D eigenvalue weighted by Crippen LogP contribution is -2.25. The molecule has 1 aliphatic heterocycles. The van der Waals surface area contributed by atoms with E-state index in [0.717, 1.165) is 6.42 Å². The zero-order valence-electron chi connectivity index (χ0n) is 8.28. The Hall–Kier alpha value is -0.770. The van der Waals surface area contributed by atoms with Gasteiger partial charge in [0.15, 0.2) is 0 Å². The molecule has 4 nitrogen and oxygen atoms in total. The molecule has 1 saturated heterocycles. The van der Waals surface area contributed by atoms with Crippen molar-refractivity contribution in [1.29, 1.82) is 0 Å². The lowest BCUT2D eigenvalue weighted by Gasteiger charge is -2.13. The van der Waals surface area contributed by atoms with E-state index in [4.69, 9.17) is 9.47 Å². The lowest BCUT2D eigenvalue weighted by atomic mass is 10.2. The molecule has 0 amide bonds. The minimum atomic E-state index is -0.600. The van der Waals surface area contributed by atoms with Crippen molar-refractivity contribution in [3.8, 4) is 0 Å². The molecule has 0 N–H and O–H groups in total. The minimum Gasteiger partial charge on any atom is -0.435 e. The number of carbonyl (C=O) groups is 1. The van der Waals surface area contributed by atoms with E-state index >= 15 is 0 Å². The normalized spacial score (nSPS) is 33.0. The Morgan fingerprint density at radius 3 is 2.69 bits per heavy atom. The van der Waals surface area contributed by atoms with E-state index in [9.17, 15) is 4.79 Å². The van der Waals surface area contributed by atoms with Gasteiger partial charge in [-0.1, -0.05) is 0 Å². The Bertz CT molecular complexity index is 180. The second-order valence-electron chi connectivity index (χ2n) is 3.23. The fraction of sp³-hybridized carbons (Fsp3) is 0.889. The summed E-state index contributed by atoms with van der Waals surface area (Å²) in [6.07, 6.45) is 0.125. The minimum absolute atomic E-state index is 0.0283. The van der Waals surface area contributed by atoms with E-state index in [1.54, 1.807) is 6.92 Å². The third-order valence-electron chi connectivity index (χ3n) is 2.04. The molecule has 0 unspecified atom stereocenters. The zero-order chi connectivity index (χ0) is 9.84. The SMILES string of the molecule is CCOC(=O)O[C@@H]1C[C@H](C)O[C@@H]1C. The van der Waals surface area contributed by atoms with Crippen molar-refractivity contribution in [2.24, 2.45) is 0 Å². The van der Waals surface area contributed by atoms with Gasteiger partial charge in [0.05, 0.1) is 18.8 Å². The van der Waals surface area contributed by atoms with Gasteiger partial charge < -0.3 is 14.2 Å². The first-order valence-electron chi connectivity index (χ1n) is 4.62. The molecule has 0 aromatic carbocycles. The molecule has 0 aromatic rings.